The second-order valence-corrected chi connectivity index (χ2v) is 4.44. The standard InChI is InChI=1S/C12H13ClN2O2/c1-8(2)17-11(16)6-9-7-15-5-3-4-10(13)12(15)14-9/h3-5,7-8H,6H2,1-2H3. The van der Waals surface area contributed by atoms with Crippen molar-refractivity contribution in [1.29, 1.82) is 0 Å². The Hall–Kier alpha value is -1.55. The number of carbonyl (C=O) groups is 1. The molecule has 2 heterocycles. The van der Waals surface area contributed by atoms with Crippen LogP contribution in [0.3, 0.4) is 0 Å². The predicted molar refractivity (Wildman–Crippen MR) is 65.1 cm³/mol. The van der Waals surface area contributed by atoms with E-state index in [-0.39, 0.29) is 18.5 Å². The Morgan fingerprint density at radius 2 is 2.35 bits per heavy atom. The van der Waals surface area contributed by atoms with E-state index in [4.69, 9.17) is 16.3 Å². The Morgan fingerprint density at radius 1 is 1.59 bits per heavy atom. The summed E-state index contributed by atoms with van der Waals surface area (Å²) in [5.74, 6) is -0.278. The molecular weight excluding hydrogens is 240 g/mol. The van der Waals surface area contributed by atoms with E-state index in [9.17, 15) is 4.79 Å². The maximum absolute atomic E-state index is 11.5. The zero-order valence-electron chi connectivity index (χ0n) is 9.68. The van der Waals surface area contributed by atoms with Crippen LogP contribution in [0.5, 0.6) is 0 Å². The highest BCUT2D eigenvalue weighted by Gasteiger charge is 2.11. The first-order valence-corrected chi connectivity index (χ1v) is 5.75. The number of nitrogens with zero attached hydrogens (tertiary/aromatic N) is 2. The number of pyridine rings is 1. The maximum atomic E-state index is 11.5. The average Bonchev–Trinajstić information content (AvgIpc) is 2.60. The van der Waals surface area contributed by atoms with Crippen molar-refractivity contribution in [3.8, 4) is 0 Å². The van der Waals surface area contributed by atoms with Crippen LogP contribution in [-0.4, -0.2) is 21.5 Å². The van der Waals surface area contributed by atoms with E-state index in [2.05, 4.69) is 4.98 Å². The molecule has 0 saturated heterocycles. The average molecular weight is 253 g/mol. The van der Waals surface area contributed by atoms with Gasteiger partial charge in [0.05, 0.1) is 23.2 Å². The van der Waals surface area contributed by atoms with Crippen molar-refractivity contribution in [2.75, 3.05) is 0 Å². The number of hydrogen-bond acceptors (Lipinski definition) is 3. The van der Waals surface area contributed by atoms with Gasteiger partial charge in [0.2, 0.25) is 0 Å². The first kappa shape index (κ1) is 11.9. The molecule has 0 amide bonds. The summed E-state index contributed by atoms with van der Waals surface area (Å²) in [4.78, 5) is 15.8. The lowest BCUT2D eigenvalue weighted by atomic mass is 10.3. The van der Waals surface area contributed by atoms with Crippen molar-refractivity contribution in [3.05, 3.63) is 35.2 Å². The number of rotatable bonds is 3. The smallest absolute Gasteiger partial charge is 0.312 e. The monoisotopic (exact) mass is 252 g/mol. The van der Waals surface area contributed by atoms with Crippen LogP contribution in [-0.2, 0) is 16.0 Å². The third kappa shape index (κ3) is 2.77. The highest BCUT2D eigenvalue weighted by molar-refractivity contribution is 6.33. The molecule has 0 atom stereocenters. The van der Waals surface area contributed by atoms with Crippen molar-refractivity contribution in [2.45, 2.75) is 26.4 Å². The van der Waals surface area contributed by atoms with Gasteiger partial charge < -0.3 is 9.14 Å². The normalized spacial score (nSPS) is 11.1. The molecule has 0 aliphatic rings. The summed E-state index contributed by atoms with van der Waals surface area (Å²) in [5, 5.41) is 0.566. The van der Waals surface area contributed by atoms with Crippen LogP contribution in [0.2, 0.25) is 5.02 Å². The number of imidazole rings is 1. The number of esters is 1. The first-order valence-electron chi connectivity index (χ1n) is 5.38. The maximum Gasteiger partial charge on any atom is 0.312 e. The lowest BCUT2D eigenvalue weighted by molar-refractivity contribution is -0.146. The van der Waals surface area contributed by atoms with Crippen LogP contribution in [0.1, 0.15) is 19.5 Å². The van der Waals surface area contributed by atoms with Crippen LogP contribution in [0, 0.1) is 0 Å². The number of ether oxygens (including phenoxy) is 1. The quantitative estimate of drug-likeness (QED) is 0.789. The van der Waals surface area contributed by atoms with E-state index in [1.165, 1.54) is 0 Å². The van der Waals surface area contributed by atoms with E-state index >= 15 is 0 Å². The molecular formula is C12H13ClN2O2. The lowest BCUT2D eigenvalue weighted by Crippen LogP contribution is -2.13. The Kier molecular flexibility index (Phi) is 3.33. The second-order valence-electron chi connectivity index (χ2n) is 4.03. The second kappa shape index (κ2) is 4.75. The fourth-order valence-electron chi connectivity index (χ4n) is 1.57. The number of carbonyl (C=O) groups excluding carboxylic acids is 1. The number of hydrogen-bond donors (Lipinski definition) is 0. The Morgan fingerprint density at radius 3 is 3.00 bits per heavy atom. The van der Waals surface area contributed by atoms with Crippen LogP contribution >= 0.6 is 11.6 Å². The topological polar surface area (TPSA) is 43.6 Å². The Labute approximate surface area is 104 Å². The van der Waals surface area contributed by atoms with Gasteiger partial charge in [-0.2, -0.15) is 0 Å². The van der Waals surface area contributed by atoms with Gasteiger partial charge in [-0.1, -0.05) is 11.6 Å². The zero-order chi connectivity index (χ0) is 12.4. The first-order chi connectivity index (χ1) is 8.06. The van der Waals surface area contributed by atoms with Gasteiger partial charge >= 0.3 is 5.97 Å². The molecule has 0 saturated carbocycles. The SMILES string of the molecule is CC(C)OC(=O)Cc1cn2cccc(Cl)c2n1. The predicted octanol–water partition coefficient (Wildman–Crippen LogP) is 2.48. The largest absolute Gasteiger partial charge is 0.463 e. The molecule has 90 valence electrons. The molecule has 17 heavy (non-hydrogen) atoms. The minimum Gasteiger partial charge on any atom is -0.463 e. The van der Waals surface area contributed by atoms with Crippen molar-refractivity contribution in [3.63, 3.8) is 0 Å². The van der Waals surface area contributed by atoms with E-state index in [1.54, 1.807) is 16.7 Å². The highest BCUT2D eigenvalue weighted by Crippen LogP contribution is 2.16. The van der Waals surface area contributed by atoms with Crippen molar-refractivity contribution in [2.24, 2.45) is 0 Å². The molecule has 0 fully saturated rings. The van der Waals surface area contributed by atoms with Crippen LogP contribution < -0.4 is 0 Å². The van der Waals surface area contributed by atoms with Gasteiger partial charge in [0.15, 0.2) is 5.65 Å². The molecule has 0 radical (unpaired) electrons. The zero-order valence-corrected chi connectivity index (χ0v) is 10.4. The molecule has 2 aromatic rings. The minimum atomic E-state index is -0.278. The van der Waals surface area contributed by atoms with Crippen LogP contribution in [0.25, 0.3) is 5.65 Å². The van der Waals surface area contributed by atoms with E-state index in [1.807, 2.05) is 26.1 Å². The Balaban J connectivity index is 2.20. The summed E-state index contributed by atoms with van der Waals surface area (Å²) in [6.07, 6.45) is 3.67. The van der Waals surface area contributed by atoms with Gasteiger partial charge in [0.25, 0.3) is 0 Å². The molecule has 0 aliphatic heterocycles. The third-order valence-corrected chi connectivity index (χ3v) is 2.47. The fraction of sp³-hybridized carbons (Fsp3) is 0.333. The molecule has 0 N–H and O–H groups in total. The van der Waals surface area contributed by atoms with E-state index < -0.39 is 0 Å². The summed E-state index contributed by atoms with van der Waals surface area (Å²) in [7, 11) is 0. The molecule has 0 bridgehead atoms. The summed E-state index contributed by atoms with van der Waals surface area (Å²) < 4.78 is 6.85. The highest BCUT2D eigenvalue weighted by atomic mass is 35.5. The van der Waals surface area contributed by atoms with Gasteiger partial charge in [0.1, 0.15) is 0 Å². The van der Waals surface area contributed by atoms with Crippen LogP contribution in [0.4, 0.5) is 0 Å². The van der Waals surface area contributed by atoms with E-state index in [0.717, 1.165) is 0 Å². The van der Waals surface area contributed by atoms with Gasteiger partial charge in [0, 0.05) is 12.4 Å². The minimum absolute atomic E-state index is 0.108. The summed E-state index contributed by atoms with van der Waals surface area (Å²) in [5.41, 5.74) is 1.31. The molecule has 0 aromatic carbocycles. The summed E-state index contributed by atoms with van der Waals surface area (Å²) in [6, 6.07) is 3.59. The lowest BCUT2D eigenvalue weighted by Gasteiger charge is -2.05. The van der Waals surface area contributed by atoms with Gasteiger partial charge in [-0.3, -0.25) is 4.79 Å². The van der Waals surface area contributed by atoms with Gasteiger partial charge in [-0.25, -0.2) is 4.98 Å². The third-order valence-electron chi connectivity index (χ3n) is 2.18. The number of aromatic nitrogens is 2. The molecule has 0 aliphatic carbocycles. The van der Waals surface area contributed by atoms with Crippen LogP contribution in [0.15, 0.2) is 24.5 Å². The number of fused-ring (bicyclic) bond motifs is 1. The molecule has 0 spiro atoms. The summed E-state index contributed by atoms with van der Waals surface area (Å²) >= 11 is 5.99. The van der Waals surface area contributed by atoms with E-state index in [0.29, 0.717) is 16.4 Å². The molecule has 2 rings (SSSR count). The van der Waals surface area contributed by atoms with Gasteiger partial charge in [-0.15, -0.1) is 0 Å². The molecule has 5 heteroatoms. The van der Waals surface area contributed by atoms with Gasteiger partial charge in [-0.05, 0) is 26.0 Å². The fourth-order valence-corrected chi connectivity index (χ4v) is 1.78. The van der Waals surface area contributed by atoms with Crippen molar-refractivity contribution >= 4 is 23.2 Å². The van der Waals surface area contributed by atoms with Crippen molar-refractivity contribution in [1.82, 2.24) is 9.38 Å². The summed E-state index contributed by atoms with van der Waals surface area (Å²) in [6.45, 7) is 3.64. The van der Waals surface area contributed by atoms with Crippen molar-refractivity contribution < 1.29 is 9.53 Å². The number of halogens is 1. The molecule has 4 nitrogen and oxygen atoms in total. The Bertz CT molecular complexity index is 548. The molecule has 0 unspecified atom stereocenters. The molecule has 2 aromatic heterocycles.